The number of nitrogens with zero attached hydrogens (tertiary/aromatic N) is 1. The fourth-order valence-corrected chi connectivity index (χ4v) is 1.97. The van der Waals surface area contributed by atoms with Crippen LogP contribution in [-0.2, 0) is 0 Å². The minimum Gasteiger partial charge on any atom is -0.485 e. The Morgan fingerprint density at radius 1 is 1.00 bits per heavy atom. The van der Waals surface area contributed by atoms with Crippen LogP contribution < -0.4 is 4.74 Å². The van der Waals surface area contributed by atoms with Gasteiger partial charge in [0.2, 0.25) is 5.78 Å². The predicted octanol–water partition coefficient (Wildman–Crippen LogP) is 3.50. The molecule has 1 heterocycles. The quantitative estimate of drug-likeness (QED) is 0.676. The minimum absolute atomic E-state index is 0.0179. The van der Waals surface area contributed by atoms with E-state index in [1.54, 1.807) is 6.20 Å². The highest BCUT2D eigenvalue weighted by Gasteiger charge is 2.08. The van der Waals surface area contributed by atoms with Gasteiger partial charge in [0.05, 0.1) is 5.52 Å². The number of hydrogen-bond acceptors (Lipinski definition) is 3. The number of hydrogen-bond donors (Lipinski definition) is 0. The average molecular weight is 263 g/mol. The normalized spacial score (nSPS) is 10.4. The molecule has 0 atom stereocenters. The highest BCUT2D eigenvalue weighted by atomic mass is 16.5. The van der Waals surface area contributed by atoms with E-state index in [0.717, 1.165) is 10.9 Å². The Morgan fingerprint density at radius 2 is 1.75 bits per heavy atom. The summed E-state index contributed by atoms with van der Waals surface area (Å²) in [7, 11) is 0. The summed E-state index contributed by atoms with van der Waals surface area (Å²) in [6.45, 7) is 0.0179. The Kier molecular flexibility index (Phi) is 3.42. The standard InChI is InChI=1S/C17H13NO2/c19-17(12-20-15-7-2-1-3-8-15)14-10-13-6-4-5-9-16(13)18-11-14/h1-11H,12H2. The van der Waals surface area contributed by atoms with E-state index in [-0.39, 0.29) is 12.4 Å². The molecule has 0 aliphatic rings. The number of ketones is 1. The molecule has 0 saturated heterocycles. The van der Waals surface area contributed by atoms with Crippen molar-refractivity contribution in [3.8, 4) is 5.75 Å². The maximum atomic E-state index is 12.1. The van der Waals surface area contributed by atoms with Gasteiger partial charge in [-0.25, -0.2) is 0 Å². The fourth-order valence-electron chi connectivity index (χ4n) is 1.97. The topological polar surface area (TPSA) is 39.2 Å². The van der Waals surface area contributed by atoms with Crippen LogP contribution in [0.1, 0.15) is 10.4 Å². The third-order valence-electron chi connectivity index (χ3n) is 3.03. The molecule has 0 amide bonds. The molecule has 0 bridgehead atoms. The average Bonchev–Trinajstić information content (AvgIpc) is 2.53. The second-order valence-corrected chi connectivity index (χ2v) is 4.44. The van der Waals surface area contributed by atoms with Crippen molar-refractivity contribution in [2.75, 3.05) is 6.61 Å². The number of aromatic nitrogens is 1. The van der Waals surface area contributed by atoms with Crippen molar-refractivity contribution >= 4 is 16.7 Å². The number of pyridine rings is 1. The van der Waals surface area contributed by atoms with Crippen LogP contribution in [0.25, 0.3) is 10.9 Å². The lowest BCUT2D eigenvalue weighted by atomic mass is 10.1. The monoisotopic (exact) mass is 263 g/mol. The van der Waals surface area contributed by atoms with Crippen molar-refractivity contribution in [2.45, 2.75) is 0 Å². The smallest absolute Gasteiger partial charge is 0.201 e. The highest BCUT2D eigenvalue weighted by Crippen LogP contribution is 2.14. The molecule has 0 aliphatic carbocycles. The first-order valence-electron chi connectivity index (χ1n) is 6.39. The van der Waals surface area contributed by atoms with Gasteiger partial charge in [-0.05, 0) is 24.3 Å². The van der Waals surface area contributed by atoms with E-state index in [1.807, 2.05) is 60.7 Å². The van der Waals surface area contributed by atoms with E-state index >= 15 is 0 Å². The van der Waals surface area contributed by atoms with Gasteiger partial charge in [-0.2, -0.15) is 0 Å². The highest BCUT2D eigenvalue weighted by molar-refractivity contribution is 5.99. The van der Waals surface area contributed by atoms with E-state index in [4.69, 9.17) is 4.74 Å². The van der Waals surface area contributed by atoms with Crippen LogP contribution >= 0.6 is 0 Å². The summed E-state index contributed by atoms with van der Waals surface area (Å²) < 4.78 is 5.46. The summed E-state index contributed by atoms with van der Waals surface area (Å²) >= 11 is 0. The van der Waals surface area contributed by atoms with Gasteiger partial charge in [0.1, 0.15) is 5.75 Å². The van der Waals surface area contributed by atoms with Crippen molar-refractivity contribution in [3.63, 3.8) is 0 Å². The predicted molar refractivity (Wildman–Crippen MR) is 78.0 cm³/mol. The minimum atomic E-state index is -0.0768. The molecular weight excluding hydrogens is 250 g/mol. The first kappa shape index (κ1) is 12.4. The first-order valence-corrected chi connectivity index (χ1v) is 6.39. The maximum Gasteiger partial charge on any atom is 0.201 e. The third-order valence-corrected chi connectivity index (χ3v) is 3.03. The van der Waals surface area contributed by atoms with Gasteiger partial charge < -0.3 is 4.74 Å². The molecule has 0 N–H and O–H groups in total. The molecule has 0 unspecified atom stereocenters. The van der Waals surface area contributed by atoms with E-state index < -0.39 is 0 Å². The number of fused-ring (bicyclic) bond motifs is 1. The number of rotatable bonds is 4. The summed E-state index contributed by atoms with van der Waals surface area (Å²) in [4.78, 5) is 16.4. The van der Waals surface area contributed by atoms with Crippen LogP contribution in [0.3, 0.4) is 0 Å². The summed E-state index contributed by atoms with van der Waals surface area (Å²) in [5.41, 5.74) is 1.45. The summed E-state index contributed by atoms with van der Waals surface area (Å²) in [5, 5.41) is 0.957. The zero-order valence-electron chi connectivity index (χ0n) is 10.8. The molecule has 0 radical (unpaired) electrons. The van der Waals surface area contributed by atoms with Crippen LogP contribution in [0.4, 0.5) is 0 Å². The SMILES string of the molecule is O=C(COc1ccccc1)c1cnc2ccccc2c1. The number of benzene rings is 2. The third kappa shape index (κ3) is 2.67. The van der Waals surface area contributed by atoms with Gasteiger partial charge in [-0.15, -0.1) is 0 Å². The van der Waals surface area contributed by atoms with Gasteiger partial charge in [-0.3, -0.25) is 9.78 Å². The number of para-hydroxylation sites is 2. The van der Waals surface area contributed by atoms with Crippen molar-refractivity contribution < 1.29 is 9.53 Å². The lowest BCUT2D eigenvalue weighted by Crippen LogP contribution is -2.11. The fraction of sp³-hybridized carbons (Fsp3) is 0.0588. The van der Waals surface area contributed by atoms with E-state index in [9.17, 15) is 4.79 Å². The number of carbonyl (C=O) groups is 1. The molecule has 3 rings (SSSR count). The van der Waals surface area contributed by atoms with Crippen LogP contribution in [0.2, 0.25) is 0 Å². The molecule has 98 valence electrons. The Hall–Kier alpha value is -2.68. The van der Waals surface area contributed by atoms with Crippen LogP contribution in [-0.4, -0.2) is 17.4 Å². The van der Waals surface area contributed by atoms with E-state index in [1.165, 1.54) is 0 Å². The number of ether oxygens (including phenoxy) is 1. The Labute approximate surface area is 116 Å². The van der Waals surface area contributed by atoms with Crippen molar-refractivity contribution in [1.82, 2.24) is 4.98 Å². The molecular formula is C17H13NO2. The summed E-state index contributed by atoms with van der Waals surface area (Å²) in [6, 6.07) is 18.9. The molecule has 0 aliphatic heterocycles. The number of Topliss-reactive ketones (excluding diaryl/α,β-unsaturated/α-hetero) is 1. The summed E-state index contributed by atoms with van der Waals surface area (Å²) in [5.74, 6) is 0.613. The molecule has 3 heteroatoms. The van der Waals surface area contributed by atoms with Gasteiger partial charge >= 0.3 is 0 Å². The molecule has 3 nitrogen and oxygen atoms in total. The van der Waals surface area contributed by atoms with Gasteiger partial charge in [0.15, 0.2) is 6.61 Å². The van der Waals surface area contributed by atoms with Crippen molar-refractivity contribution in [3.05, 3.63) is 72.4 Å². The zero-order chi connectivity index (χ0) is 13.8. The van der Waals surface area contributed by atoms with Crippen LogP contribution in [0.15, 0.2) is 66.9 Å². The largest absolute Gasteiger partial charge is 0.485 e. The molecule has 0 saturated carbocycles. The second-order valence-electron chi connectivity index (χ2n) is 4.44. The van der Waals surface area contributed by atoms with Crippen molar-refractivity contribution in [1.29, 1.82) is 0 Å². The zero-order valence-corrected chi connectivity index (χ0v) is 10.8. The van der Waals surface area contributed by atoms with Gasteiger partial charge in [0.25, 0.3) is 0 Å². The summed E-state index contributed by atoms with van der Waals surface area (Å²) in [6.07, 6.45) is 1.60. The lowest BCUT2D eigenvalue weighted by molar-refractivity contribution is 0.0921. The van der Waals surface area contributed by atoms with Gasteiger partial charge in [0, 0.05) is 17.1 Å². The lowest BCUT2D eigenvalue weighted by Gasteiger charge is -2.05. The molecule has 2 aromatic carbocycles. The first-order chi connectivity index (χ1) is 9.83. The molecule has 0 fully saturated rings. The second kappa shape index (κ2) is 5.53. The van der Waals surface area contributed by atoms with Crippen molar-refractivity contribution in [2.24, 2.45) is 0 Å². The van der Waals surface area contributed by atoms with Gasteiger partial charge in [-0.1, -0.05) is 36.4 Å². The molecule has 1 aromatic heterocycles. The Balaban J connectivity index is 1.75. The maximum absolute atomic E-state index is 12.1. The van der Waals surface area contributed by atoms with Crippen LogP contribution in [0, 0.1) is 0 Å². The molecule has 20 heavy (non-hydrogen) atoms. The van der Waals surface area contributed by atoms with E-state index in [2.05, 4.69) is 4.98 Å². The molecule has 3 aromatic rings. The molecule has 0 spiro atoms. The Morgan fingerprint density at radius 3 is 2.60 bits per heavy atom. The van der Waals surface area contributed by atoms with E-state index in [0.29, 0.717) is 11.3 Å². The van der Waals surface area contributed by atoms with Crippen LogP contribution in [0.5, 0.6) is 5.75 Å². The number of carbonyl (C=O) groups excluding carboxylic acids is 1. The Bertz CT molecular complexity index is 738.